The van der Waals surface area contributed by atoms with Crippen LogP contribution in [-0.4, -0.2) is 20.6 Å². The van der Waals surface area contributed by atoms with Crippen LogP contribution >= 0.6 is 27.3 Å². The lowest BCUT2D eigenvalue weighted by atomic mass is 10.2. The number of aromatic amines is 1. The maximum absolute atomic E-state index is 11.7. The fraction of sp³-hybridized carbons (Fsp3) is 0.100. The fourth-order valence-electron chi connectivity index (χ4n) is 1.45. The van der Waals surface area contributed by atoms with Crippen molar-refractivity contribution in [2.45, 2.75) is 6.54 Å². The maximum atomic E-state index is 11.7. The Labute approximate surface area is 113 Å². The monoisotopic (exact) mass is 330 g/mol. The second-order valence-corrected chi connectivity index (χ2v) is 5.18. The molecule has 0 aliphatic heterocycles. The van der Waals surface area contributed by atoms with Crippen LogP contribution in [0.2, 0.25) is 0 Å². The smallest absolute Gasteiger partial charge is 0.346 e. The minimum absolute atomic E-state index is 0.0707. The normalized spacial score (nSPS) is 10.5. The second kappa shape index (κ2) is 4.91. The molecule has 2 aromatic heterocycles. The van der Waals surface area contributed by atoms with Crippen molar-refractivity contribution in [3.8, 4) is 0 Å². The van der Waals surface area contributed by atoms with Crippen LogP contribution in [0.1, 0.15) is 15.2 Å². The van der Waals surface area contributed by atoms with Crippen LogP contribution in [0.3, 0.4) is 0 Å². The van der Waals surface area contributed by atoms with Crippen molar-refractivity contribution in [3.63, 3.8) is 0 Å². The molecule has 0 fully saturated rings. The summed E-state index contributed by atoms with van der Waals surface area (Å²) in [6.45, 7) is -0.0707. The molecule has 6 nitrogen and oxygen atoms in total. The first-order chi connectivity index (χ1) is 8.50. The number of carboxylic acid groups (broad SMARTS) is 1. The maximum Gasteiger partial charge on any atom is 0.346 e. The molecular weight excluding hydrogens is 324 g/mol. The van der Waals surface area contributed by atoms with Crippen molar-refractivity contribution in [3.05, 3.63) is 53.4 Å². The van der Waals surface area contributed by atoms with Gasteiger partial charge in [0.1, 0.15) is 4.88 Å². The summed E-state index contributed by atoms with van der Waals surface area (Å²) < 4.78 is 1.16. The number of carbonyl (C=O) groups is 1. The van der Waals surface area contributed by atoms with Crippen molar-refractivity contribution < 1.29 is 9.90 Å². The van der Waals surface area contributed by atoms with Crippen molar-refractivity contribution >= 4 is 33.2 Å². The summed E-state index contributed by atoms with van der Waals surface area (Å²) in [7, 11) is 0. The zero-order valence-electron chi connectivity index (χ0n) is 8.84. The zero-order valence-corrected chi connectivity index (χ0v) is 11.2. The van der Waals surface area contributed by atoms with Gasteiger partial charge in [0.05, 0.1) is 11.0 Å². The summed E-state index contributed by atoms with van der Waals surface area (Å²) in [5, 5.41) is 10.6. The Morgan fingerprint density at radius 1 is 1.50 bits per heavy atom. The third-order valence-electron chi connectivity index (χ3n) is 2.29. The topological polar surface area (TPSA) is 92.2 Å². The molecule has 94 valence electrons. The molecule has 0 atom stereocenters. The minimum Gasteiger partial charge on any atom is -0.477 e. The Morgan fingerprint density at radius 3 is 2.89 bits per heavy atom. The molecule has 0 bridgehead atoms. The van der Waals surface area contributed by atoms with E-state index >= 15 is 0 Å². The molecule has 2 aromatic rings. The first-order valence-corrected chi connectivity index (χ1v) is 6.45. The summed E-state index contributed by atoms with van der Waals surface area (Å²) in [5.41, 5.74) is -0.648. The van der Waals surface area contributed by atoms with Crippen LogP contribution in [-0.2, 0) is 6.54 Å². The number of thiophene rings is 1. The fourth-order valence-corrected chi connectivity index (χ4v) is 2.53. The van der Waals surface area contributed by atoms with E-state index in [0.29, 0.717) is 5.56 Å². The number of nitrogens with one attached hydrogen (secondary N) is 1. The number of aromatic nitrogens is 2. The molecule has 0 saturated heterocycles. The van der Waals surface area contributed by atoms with Crippen molar-refractivity contribution in [1.29, 1.82) is 0 Å². The van der Waals surface area contributed by atoms with Gasteiger partial charge in [-0.2, -0.15) is 0 Å². The Morgan fingerprint density at radius 2 is 2.22 bits per heavy atom. The van der Waals surface area contributed by atoms with Gasteiger partial charge in [0, 0.05) is 6.20 Å². The van der Waals surface area contributed by atoms with Crippen molar-refractivity contribution in [1.82, 2.24) is 9.55 Å². The molecule has 2 heterocycles. The summed E-state index contributed by atoms with van der Waals surface area (Å²) in [6.07, 6.45) is 1.26. The molecule has 8 heteroatoms. The summed E-state index contributed by atoms with van der Waals surface area (Å²) in [4.78, 5) is 36.7. The Balaban J connectivity index is 2.50. The van der Waals surface area contributed by atoms with Gasteiger partial charge >= 0.3 is 11.7 Å². The lowest BCUT2D eigenvalue weighted by Crippen LogP contribution is -2.35. The third kappa shape index (κ3) is 2.29. The number of nitrogens with zero attached hydrogens (tertiary/aromatic N) is 1. The highest BCUT2D eigenvalue weighted by molar-refractivity contribution is 9.10. The highest BCUT2D eigenvalue weighted by Gasteiger charge is 2.14. The van der Waals surface area contributed by atoms with Crippen molar-refractivity contribution in [2.75, 3.05) is 0 Å². The van der Waals surface area contributed by atoms with Gasteiger partial charge in [0.2, 0.25) is 0 Å². The van der Waals surface area contributed by atoms with E-state index in [2.05, 4.69) is 20.9 Å². The molecule has 0 spiro atoms. The van der Waals surface area contributed by atoms with E-state index in [1.807, 2.05) is 0 Å². The van der Waals surface area contributed by atoms with Gasteiger partial charge in [-0.3, -0.25) is 9.36 Å². The molecule has 0 unspecified atom stereocenters. The average molecular weight is 331 g/mol. The quantitative estimate of drug-likeness (QED) is 0.881. The van der Waals surface area contributed by atoms with Crippen LogP contribution in [0, 0.1) is 0 Å². The molecule has 0 saturated carbocycles. The standard InChI is InChI=1S/C10H7BrN2O4S/c11-6-3-12-10(17)13(8(6)14)4-5-1-2-18-7(5)9(15)16/h1-3H,4H2,(H,12,17)(H,15,16). The van der Waals surface area contributed by atoms with Crippen LogP contribution in [0.15, 0.2) is 31.7 Å². The van der Waals surface area contributed by atoms with Gasteiger partial charge < -0.3 is 10.1 Å². The largest absolute Gasteiger partial charge is 0.477 e. The van der Waals surface area contributed by atoms with Gasteiger partial charge in [-0.1, -0.05) is 0 Å². The van der Waals surface area contributed by atoms with E-state index in [4.69, 9.17) is 5.11 Å². The first kappa shape index (κ1) is 12.8. The number of rotatable bonds is 3. The first-order valence-electron chi connectivity index (χ1n) is 4.78. The van der Waals surface area contributed by atoms with Gasteiger partial charge in [0.25, 0.3) is 5.56 Å². The van der Waals surface area contributed by atoms with E-state index in [0.717, 1.165) is 15.9 Å². The van der Waals surface area contributed by atoms with Gasteiger partial charge in [-0.05, 0) is 32.9 Å². The summed E-state index contributed by atoms with van der Waals surface area (Å²) in [5.74, 6) is -1.07. The number of carboxylic acids is 1. The van der Waals surface area contributed by atoms with E-state index in [1.165, 1.54) is 6.20 Å². The number of H-pyrrole nitrogens is 1. The molecule has 0 aliphatic carbocycles. The molecular formula is C10H7BrN2O4S. The highest BCUT2D eigenvalue weighted by atomic mass is 79.9. The highest BCUT2D eigenvalue weighted by Crippen LogP contribution is 2.17. The Kier molecular flexibility index (Phi) is 3.48. The van der Waals surface area contributed by atoms with Crippen molar-refractivity contribution in [2.24, 2.45) is 0 Å². The number of halogens is 1. The second-order valence-electron chi connectivity index (χ2n) is 3.41. The zero-order chi connectivity index (χ0) is 13.3. The third-order valence-corrected chi connectivity index (χ3v) is 3.80. The molecule has 2 rings (SSSR count). The van der Waals surface area contributed by atoms with Crippen LogP contribution in [0.25, 0.3) is 0 Å². The van der Waals surface area contributed by atoms with E-state index in [9.17, 15) is 14.4 Å². The average Bonchev–Trinajstić information content (AvgIpc) is 2.78. The number of hydrogen-bond acceptors (Lipinski definition) is 4. The number of aromatic carboxylic acids is 1. The molecule has 0 radical (unpaired) electrons. The Bertz CT molecular complexity index is 715. The summed E-state index contributed by atoms with van der Waals surface area (Å²) in [6, 6.07) is 1.58. The van der Waals surface area contributed by atoms with Crippen LogP contribution in [0.4, 0.5) is 0 Å². The van der Waals surface area contributed by atoms with Gasteiger partial charge in [-0.15, -0.1) is 11.3 Å². The van der Waals surface area contributed by atoms with Gasteiger partial charge in [0.15, 0.2) is 0 Å². The number of hydrogen-bond donors (Lipinski definition) is 2. The molecule has 2 N–H and O–H groups in total. The summed E-state index contributed by atoms with van der Waals surface area (Å²) >= 11 is 4.07. The Hall–Kier alpha value is -1.67. The van der Waals surface area contributed by atoms with Gasteiger partial charge in [-0.25, -0.2) is 9.59 Å². The molecule has 0 amide bonds. The van der Waals surface area contributed by atoms with E-state index in [-0.39, 0.29) is 15.9 Å². The lowest BCUT2D eigenvalue weighted by molar-refractivity contribution is 0.0701. The van der Waals surface area contributed by atoms with Crippen LogP contribution < -0.4 is 11.2 Å². The van der Waals surface area contributed by atoms with E-state index < -0.39 is 17.2 Å². The molecule has 0 aliphatic rings. The predicted octanol–water partition coefficient (Wildman–Crippen LogP) is 1.11. The van der Waals surface area contributed by atoms with E-state index in [1.54, 1.807) is 11.4 Å². The lowest BCUT2D eigenvalue weighted by Gasteiger charge is -2.04. The van der Waals surface area contributed by atoms with Crippen LogP contribution in [0.5, 0.6) is 0 Å². The molecule has 18 heavy (non-hydrogen) atoms. The predicted molar refractivity (Wildman–Crippen MR) is 69.4 cm³/mol. The minimum atomic E-state index is -1.07. The molecule has 0 aromatic carbocycles. The SMILES string of the molecule is O=C(O)c1sccc1Cn1c(=O)[nH]cc(Br)c1=O.